The van der Waals surface area contributed by atoms with Crippen LogP contribution in [0, 0.1) is 11.2 Å². The van der Waals surface area contributed by atoms with Crippen molar-refractivity contribution in [2.24, 2.45) is 5.41 Å². The number of nitrogens with one attached hydrogen (secondary N) is 1. The average molecular weight is 473 g/mol. The molecule has 6 heteroatoms. The van der Waals surface area contributed by atoms with E-state index in [0.29, 0.717) is 16.8 Å². The predicted octanol–water partition coefficient (Wildman–Crippen LogP) is 7.01. The summed E-state index contributed by atoms with van der Waals surface area (Å²) in [5, 5.41) is 0. The van der Waals surface area contributed by atoms with Crippen LogP contribution in [0.1, 0.15) is 29.8 Å². The van der Waals surface area contributed by atoms with Crippen LogP contribution in [-0.4, -0.2) is 28.8 Å². The number of halogens is 1. The Morgan fingerprint density at radius 1 is 1.00 bits per heavy atom. The first kappa shape index (κ1) is 22.4. The van der Waals surface area contributed by atoms with Gasteiger partial charge >= 0.3 is 5.97 Å². The van der Waals surface area contributed by atoms with Crippen LogP contribution in [0.15, 0.2) is 71.9 Å². The van der Waals surface area contributed by atoms with Crippen molar-refractivity contribution in [1.82, 2.24) is 9.97 Å². The molecular formula is C28H25FN2O2S. The fourth-order valence-electron chi connectivity index (χ4n) is 4.52. The van der Waals surface area contributed by atoms with E-state index >= 15 is 0 Å². The van der Waals surface area contributed by atoms with Crippen LogP contribution in [0.2, 0.25) is 0 Å². The molecule has 4 nitrogen and oxygen atoms in total. The van der Waals surface area contributed by atoms with E-state index in [9.17, 15) is 9.18 Å². The van der Waals surface area contributed by atoms with Crippen molar-refractivity contribution in [3.05, 3.63) is 83.9 Å². The Morgan fingerprint density at radius 2 is 1.71 bits per heavy atom. The third-order valence-corrected chi connectivity index (χ3v) is 7.76. The summed E-state index contributed by atoms with van der Waals surface area (Å²) in [4.78, 5) is 22.1. The largest absolute Gasteiger partial charge is 0.465 e. The molecule has 0 bridgehead atoms. The van der Waals surface area contributed by atoms with Gasteiger partial charge < -0.3 is 9.72 Å². The molecule has 0 radical (unpaired) electrons. The fourth-order valence-corrected chi connectivity index (χ4v) is 5.65. The lowest BCUT2D eigenvalue weighted by Crippen LogP contribution is -2.22. The second-order valence-corrected chi connectivity index (χ2v) is 10.3. The van der Waals surface area contributed by atoms with Crippen LogP contribution in [-0.2, 0) is 11.2 Å². The number of esters is 1. The standard InChI is InChI=1S/C28H25FN2O2S/c1-28(2)15-20-14-19(6-9-22(20)34-16-28)26-24(27(32)33-3)23(17-10-12-30-13-11-17)25(31-26)18-4-7-21(29)8-5-18/h4-14,31H,15-16H2,1-3H3. The molecular weight excluding hydrogens is 447 g/mol. The van der Waals surface area contributed by atoms with E-state index < -0.39 is 5.97 Å². The number of ether oxygens (including phenoxy) is 1. The molecule has 1 aliphatic heterocycles. The molecule has 0 fully saturated rings. The van der Waals surface area contributed by atoms with Gasteiger partial charge in [0.1, 0.15) is 5.82 Å². The van der Waals surface area contributed by atoms with Crippen molar-refractivity contribution in [3.63, 3.8) is 0 Å². The molecule has 0 spiro atoms. The highest BCUT2D eigenvalue weighted by atomic mass is 32.2. The van der Waals surface area contributed by atoms with Gasteiger partial charge in [0, 0.05) is 28.6 Å². The topological polar surface area (TPSA) is 55.0 Å². The fraction of sp³-hybridized carbons (Fsp3) is 0.214. The van der Waals surface area contributed by atoms with E-state index in [4.69, 9.17) is 4.74 Å². The second kappa shape index (κ2) is 8.76. The first-order chi connectivity index (χ1) is 16.4. The van der Waals surface area contributed by atoms with Crippen molar-refractivity contribution in [2.45, 2.75) is 25.2 Å². The average Bonchev–Trinajstić information content (AvgIpc) is 3.24. The Kier molecular flexibility index (Phi) is 5.78. The second-order valence-electron chi connectivity index (χ2n) is 9.31. The van der Waals surface area contributed by atoms with E-state index in [0.717, 1.165) is 34.6 Å². The molecule has 0 atom stereocenters. The normalized spacial score (nSPS) is 14.5. The third kappa shape index (κ3) is 4.14. The van der Waals surface area contributed by atoms with Gasteiger partial charge in [-0.3, -0.25) is 4.98 Å². The number of hydrogen-bond acceptors (Lipinski definition) is 4. The highest BCUT2D eigenvalue weighted by Crippen LogP contribution is 2.44. The quantitative estimate of drug-likeness (QED) is 0.325. The molecule has 2 aromatic heterocycles. The highest BCUT2D eigenvalue weighted by Gasteiger charge is 2.29. The molecule has 172 valence electrons. The van der Waals surface area contributed by atoms with Crippen molar-refractivity contribution < 1.29 is 13.9 Å². The minimum atomic E-state index is -0.432. The van der Waals surface area contributed by atoms with Gasteiger partial charge in [0.05, 0.1) is 24.1 Å². The Hall–Kier alpha value is -3.38. The predicted molar refractivity (Wildman–Crippen MR) is 134 cm³/mol. The first-order valence-corrected chi connectivity index (χ1v) is 12.1. The molecule has 2 aromatic carbocycles. The van der Waals surface area contributed by atoms with Gasteiger partial charge in [0.2, 0.25) is 0 Å². The van der Waals surface area contributed by atoms with Crippen molar-refractivity contribution in [3.8, 4) is 33.6 Å². The summed E-state index contributed by atoms with van der Waals surface area (Å²) in [6.07, 6.45) is 4.35. The number of H-pyrrole nitrogens is 1. The number of benzene rings is 2. The number of hydrogen-bond donors (Lipinski definition) is 1. The number of nitrogens with zero attached hydrogens (tertiary/aromatic N) is 1. The molecule has 4 aromatic rings. The lowest BCUT2D eigenvalue weighted by Gasteiger charge is -2.30. The van der Waals surface area contributed by atoms with Gasteiger partial charge in [-0.2, -0.15) is 0 Å². The maximum absolute atomic E-state index is 13.7. The zero-order valence-electron chi connectivity index (χ0n) is 19.3. The van der Waals surface area contributed by atoms with E-state index in [2.05, 4.69) is 35.9 Å². The minimum absolute atomic E-state index is 0.207. The maximum atomic E-state index is 13.7. The molecule has 1 N–H and O–H groups in total. The number of aromatic amines is 1. The number of thioether (sulfide) groups is 1. The van der Waals surface area contributed by atoms with Gasteiger partial charge in [-0.1, -0.05) is 19.9 Å². The summed E-state index contributed by atoms with van der Waals surface area (Å²) in [6, 6.07) is 16.3. The van der Waals surface area contributed by atoms with Gasteiger partial charge in [0.15, 0.2) is 0 Å². The van der Waals surface area contributed by atoms with Crippen molar-refractivity contribution in [1.29, 1.82) is 0 Å². The Labute approximate surface area is 202 Å². The number of fused-ring (bicyclic) bond motifs is 1. The number of carbonyl (C=O) groups excluding carboxylic acids is 1. The first-order valence-electron chi connectivity index (χ1n) is 11.1. The summed E-state index contributed by atoms with van der Waals surface area (Å²) >= 11 is 1.87. The van der Waals surface area contributed by atoms with Crippen LogP contribution in [0.4, 0.5) is 4.39 Å². The van der Waals surface area contributed by atoms with Gasteiger partial charge in [-0.25, -0.2) is 9.18 Å². The minimum Gasteiger partial charge on any atom is -0.465 e. The SMILES string of the molecule is COC(=O)c1c(-c2ccc3c(c2)CC(C)(C)CS3)[nH]c(-c2ccc(F)cc2)c1-c1ccncc1. The molecule has 0 aliphatic carbocycles. The van der Waals surface area contributed by atoms with E-state index in [1.54, 1.807) is 24.5 Å². The van der Waals surface area contributed by atoms with Crippen LogP contribution in [0.5, 0.6) is 0 Å². The molecule has 0 amide bonds. The van der Waals surface area contributed by atoms with Gasteiger partial charge in [0.25, 0.3) is 0 Å². The van der Waals surface area contributed by atoms with Crippen LogP contribution >= 0.6 is 11.8 Å². The number of carbonyl (C=O) groups is 1. The summed E-state index contributed by atoms with van der Waals surface area (Å²) in [7, 11) is 1.39. The van der Waals surface area contributed by atoms with Crippen LogP contribution < -0.4 is 0 Å². The van der Waals surface area contributed by atoms with E-state index in [1.807, 2.05) is 30.0 Å². The molecule has 0 saturated heterocycles. The smallest absolute Gasteiger partial charge is 0.340 e. The summed E-state index contributed by atoms with van der Waals surface area (Å²) in [5.41, 5.74) is 6.59. The van der Waals surface area contributed by atoms with Crippen molar-refractivity contribution >= 4 is 17.7 Å². The van der Waals surface area contributed by atoms with Gasteiger partial charge in [-0.15, -0.1) is 11.8 Å². The lowest BCUT2D eigenvalue weighted by molar-refractivity contribution is 0.0602. The molecule has 1 aliphatic rings. The molecule has 34 heavy (non-hydrogen) atoms. The Balaban J connectivity index is 1.77. The van der Waals surface area contributed by atoms with Crippen LogP contribution in [0.3, 0.4) is 0 Å². The van der Waals surface area contributed by atoms with E-state index in [-0.39, 0.29) is 11.2 Å². The number of methoxy groups -OCH3 is 1. The Bertz CT molecular complexity index is 1360. The van der Waals surface area contributed by atoms with Crippen LogP contribution in [0.25, 0.3) is 33.6 Å². The molecule has 3 heterocycles. The highest BCUT2D eigenvalue weighted by molar-refractivity contribution is 7.99. The number of pyridine rings is 1. The van der Waals surface area contributed by atoms with E-state index in [1.165, 1.54) is 29.7 Å². The summed E-state index contributed by atoms with van der Waals surface area (Å²) in [6.45, 7) is 4.55. The Morgan fingerprint density at radius 3 is 2.41 bits per heavy atom. The van der Waals surface area contributed by atoms with Crippen molar-refractivity contribution in [2.75, 3.05) is 12.9 Å². The lowest BCUT2D eigenvalue weighted by atomic mass is 9.86. The summed E-state index contributed by atoms with van der Waals surface area (Å²) < 4.78 is 18.9. The summed E-state index contributed by atoms with van der Waals surface area (Å²) in [5.74, 6) is 0.332. The zero-order valence-corrected chi connectivity index (χ0v) is 20.1. The molecule has 5 rings (SSSR count). The zero-order chi connectivity index (χ0) is 23.9. The molecule has 0 unspecified atom stereocenters. The molecule has 0 saturated carbocycles. The van der Waals surface area contributed by atoms with Gasteiger partial charge in [-0.05, 0) is 82.6 Å². The monoisotopic (exact) mass is 472 g/mol. The third-order valence-electron chi connectivity index (χ3n) is 6.13. The number of aromatic nitrogens is 2. The number of rotatable bonds is 4. The maximum Gasteiger partial charge on any atom is 0.340 e.